The molecule has 1 aliphatic carbocycles. The highest BCUT2D eigenvalue weighted by Crippen LogP contribution is 2.45. The van der Waals surface area contributed by atoms with Crippen LogP contribution in [0.2, 0.25) is 0 Å². The number of hydrogen-bond donors (Lipinski definition) is 1. The van der Waals surface area contributed by atoms with E-state index in [1.54, 1.807) is 13.0 Å². The standard InChI is InChI=1S/C27H25F3N2O6/c1-14-13-31-20(26(34)36-4)12-19(14)32-25(33)24-15(2)18(16-5-6-16)8-10-22(24)37-21-9-7-17(11-23(21)35-3)38-27(28,29)30/h7-13,16H,5-6H2,1-4H3,(H,31,32,33). The molecular formula is C27H25F3N2O6. The Bertz CT molecular complexity index is 1390. The Balaban J connectivity index is 1.71. The number of aryl methyl sites for hydroxylation is 1. The number of pyridine rings is 1. The van der Waals surface area contributed by atoms with Crippen molar-refractivity contribution in [2.75, 3.05) is 19.5 Å². The van der Waals surface area contributed by atoms with Crippen molar-refractivity contribution in [1.29, 1.82) is 0 Å². The van der Waals surface area contributed by atoms with Crippen molar-refractivity contribution in [2.24, 2.45) is 0 Å². The number of alkyl halides is 3. The molecule has 0 bridgehead atoms. The third-order valence-electron chi connectivity index (χ3n) is 6.05. The Morgan fingerprint density at radius 1 is 1.00 bits per heavy atom. The maximum Gasteiger partial charge on any atom is 0.573 e. The number of rotatable bonds is 8. The first-order chi connectivity index (χ1) is 18.0. The van der Waals surface area contributed by atoms with Gasteiger partial charge in [0, 0.05) is 18.0 Å². The van der Waals surface area contributed by atoms with Gasteiger partial charge in [-0.15, -0.1) is 13.2 Å². The Hall–Kier alpha value is -4.28. The maximum absolute atomic E-state index is 13.6. The first-order valence-electron chi connectivity index (χ1n) is 11.6. The van der Waals surface area contributed by atoms with Crippen molar-refractivity contribution in [2.45, 2.75) is 39.0 Å². The molecule has 0 aliphatic heterocycles. The van der Waals surface area contributed by atoms with Crippen LogP contribution >= 0.6 is 0 Å². The highest BCUT2D eigenvalue weighted by Gasteiger charge is 2.32. The molecule has 1 heterocycles. The molecule has 0 unspecified atom stereocenters. The minimum absolute atomic E-state index is 0.0188. The Morgan fingerprint density at radius 3 is 2.34 bits per heavy atom. The second-order valence-electron chi connectivity index (χ2n) is 8.72. The summed E-state index contributed by atoms with van der Waals surface area (Å²) in [6.07, 6.45) is -1.42. The van der Waals surface area contributed by atoms with Crippen LogP contribution in [-0.2, 0) is 4.74 Å². The summed E-state index contributed by atoms with van der Waals surface area (Å²) in [5.74, 6) is -1.06. The summed E-state index contributed by atoms with van der Waals surface area (Å²) in [6, 6.07) is 8.34. The number of hydrogen-bond acceptors (Lipinski definition) is 7. The van der Waals surface area contributed by atoms with Gasteiger partial charge in [-0.25, -0.2) is 9.78 Å². The Morgan fingerprint density at radius 2 is 1.71 bits per heavy atom. The molecule has 38 heavy (non-hydrogen) atoms. The van der Waals surface area contributed by atoms with E-state index in [0.29, 0.717) is 22.7 Å². The topological polar surface area (TPSA) is 96.0 Å². The Kier molecular flexibility index (Phi) is 7.47. The Labute approximate surface area is 216 Å². The number of nitrogens with one attached hydrogen (secondary N) is 1. The van der Waals surface area contributed by atoms with Crippen LogP contribution in [-0.4, -0.2) is 37.4 Å². The molecule has 0 radical (unpaired) electrons. The van der Waals surface area contributed by atoms with Crippen molar-refractivity contribution < 1.29 is 41.7 Å². The predicted molar refractivity (Wildman–Crippen MR) is 131 cm³/mol. The molecular weight excluding hydrogens is 505 g/mol. The summed E-state index contributed by atoms with van der Waals surface area (Å²) in [6.45, 7) is 3.54. The van der Waals surface area contributed by atoms with Gasteiger partial charge in [-0.05, 0) is 73.6 Å². The zero-order valence-corrected chi connectivity index (χ0v) is 21.1. The van der Waals surface area contributed by atoms with Gasteiger partial charge in [-0.2, -0.15) is 0 Å². The van der Waals surface area contributed by atoms with Crippen molar-refractivity contribution >= 4 is 17.6 Å². The number of carbonyl (C=O) groups excluding carboxylic acids is 2. The van der Waals surface area contributed by atoms with E-state index in [2.05, 4.69) is 15.0 Å². The number of ether oxygens (including phenoxy) is 4. The lowest BCUT2D eigenvalue weighted by molar-refractivity contribution is -0.274. The highest BCUT2D eigenvalue weighted by atomic mass is 19.4. The van der Waals surface area contributed by atoms with Gasteiger partial charge < -0.3 is 24.3 Å². The third-order valence-corrected chi connectivity index (χ3v) is 6.05. The number of benzene rings is 2. The quantitative estimate of drug-likeness (QED) is 0.341. The molecule has 200 valence electrons. The lowest BCUT2D eigenvalue weighted by Gasteiger charge is -2.19. The van der Waals surface area contributed by atoms with Crippen LogP contribution in [0.15, 0.2) is 42.6 Å². The highest BCUT2D eigenvalue weighted by molar-refractivity contribution is 6.08. The lowest BCUT2D eigenvalue weighted by atomic mass is 9.97. The van der Waals surface area contributed by atoms with Gasteiger partial charge in [0.15, 0.2) is 11.5 Å². The molecule has 4 rings (SSSR count). The second kappa shape index (κ2) is 10.6. The number of methoxy groups -OCH3 is 2. The van der Waals surface area contributed by atoms with Gasteiger partial charge in [0.05, 0.1) is 19.8 Å². The van der Waals surface area contributed by atoms with E-state index >= 15 is 0 Å². The molecule has 1 saturated carbocycles. The largest absolute Gasteiger partial charge is 0.573 e. The normalized spacial score (nSPS) is 13.0. The summed E-state index contributed by atoms with van der Waals surface area (Å²) in [5, 5.41) is 2.82. The monoisotopic (exact) mass is 530 g/mol. The molecule has 0 saturated heterocycles. The van der Waals surface area contributed by atoms with Gasteiger partial charge in [0.1, 0.15) is 17.2 Å². The van der Waals surface area contributed by atoms with Gasteiger partial charge in [-0.1, -0.05) is 6.07 Å². The van der Waals surface area contributed by atoms with E-state index in [-0.39, 0.29) is 28.5 Å². The summed E-state index contributed by atoms with van der Waals surface area (Å²) in [4.78, 5) is 29.6. The van der Waals surface area contributed by atoms with Crippen LogP contribution in [0.3, 0.4) is 0 Å². The molecule has 8 nitrogen and oxygen atoms in total. The molecule has 0 spiro atoms. The van der Waals surface area contributed by atoms with Crippen LogP contribution in [0.25, 0.3) is 0 Å². The number of aromatic nitrogens is 1. The van der Waals surface area contributed by atoms with Crippen molar-refractivity contribution in [1.82, 2.24) is 4.98 Å². The zero-order valence-electron chi connectivity index (χ0n) is 21.1. The van der Waals surface area contributed by atoms with Gasteiger partial charge >= 0.3 is 12.3 Å². The van der Waals surface area contributed by atoms with E-state index in [4.69, 9.17) is 14.2 Å². The van der Waals surface area contributed by atoms with E-state index in [1.807, 2.05) is 13.0 Å². The fourth-order valence-electron chi connectivity index (χ4n) is 4.01. The van der Waals surface area contributed by atoms with Crippen LogP contribution in [0.1, 0.15) is 56.3 Å². The summed E-state index contributed by atoms with van der Waals surface area (Å²) < 4.78 is 57.8. The summed E-state index contributed by atoms with van der Waals surface area (Å²) in [7, 11) is 2.51. The van der Waals surface area contributed by atoms with Gasteiger partial charge in [0.25, 0.3) is 5.91 Å². The number of halogens is 3. The van der Waals surface area contributed by atoms with Gasteiger partial charge in [0.2, 0.25) is 0 Å². The van der Waals surface area contributed by atoms with Crippen LogP contribution in [0.5, 0.6) is 23.0 Å². The van der Waals surface area contributed by atoms with Crippen LogP contribution in [0.4, 0.5) is 18.9 Å². The molecule has 2 aromatic carbocycles. The lowest BCUT2D eigenvalue weighted by Crippen LogP contribution is -2.17. The minimum Gasteiger partial charge on any atom is -0.493 e. The first kappa shape index (κ1) is 26.8. The second-order valence-corrected chi connectivity index (χ2v) is 8.72. The number of esters is 1. The minimum atomic E-state index is -4.87. The molecule has 1 N–H and O–H groups in total. The smallest absolute Gasteiger partial charge is 0.493 e. The number of carbonyl (C=O) groups is 2. The van der Waals surface area contributed by atoms with E-state index in [1.165, 1.54) is 32.5 Å². The fourth-order valence-corrected chi connectivity index (χ4v) is 4.01. The van der Waals surface area contributed by atoms with E-state index in [9.17, 15) is 22.8 Å². The van der Waals surface area contributed by atoms with Crippen molar-refractivity contribution in [3.05, 3.63) is 70.5 Å². The van der Waals surface area contributed by atoms with Crippen molar-refractivity contribution in [3.63, 3.8) is 0 Å². The fraction of sp³-hybridized carbons (Fsp3) is 0.296. The molecule has 0 atom stereocenters. The average Bonchev–Trinajstić information content (AvgIpc) is 3.70. The maximum atomic E-state index is 13.6. The number of anilines is 1. The van der Waals surface area contributed by atoms with Crippen molar-refractivity contribution in [3.8, 4) is 23.0 Å². The first-order valence-corrected chi connectivity index (χ1v) is 11.6. The average molecular weight is 530 g/mol. The van der Waals surface area contributed by atoms with E-state index < -0.39 is 24.0 Å². The molecule has 11 heteroatoms. The zero-order chi connectivity index (χ0) is 27.6. The van der Waals surface area contributed by atoms with E-state index in [0.717, 1.165) is 30.5 Å². The predicted octanol–water partition coefficient (Wildman–Crippen LogP) is 6.31. The summed E-state index contributed by atoms with van der Waals surface area (Å²) >= 11 is 0. The van der Waals surface area contributed by atoms with Crippen LogP contribution < -0.4 is 19.5 Å². The summed E-state index contributed by atoms with van der Waals surface area (Å²) in [5.41, 5.74) is 2.95. The third kappa shape index (κ3) is 5.99. The molecule has 1 fully saturated rings. The molecule has 1 aliphatic rings. The molecule has 1 aromatic heterocycles. The number of nitrogens with zero attached hydrogens (tertiary/aromatic N) is 1. The van der Waals surface area contributed by atoms with Gasteiger partial charge in [-0.3, -0.25) is 4.79 Å². The SMILES string of the molecule is COC(=O)c1cc(NC(=O)c2c(Oc3ccc(OC(F)(F)F)cc3OC)ccc(C3CC3)c2C)c(C)cn1. The number of amides is 1. The molecule has 3 aromatic rings. The van der Waals surface area contributed by atoms with Crippen LogP contribution in [0, 0.1) is 13.8 Å². The molecule has 1 amide bonds.